The van der Waals surface area contributed by atoms with Crippen LogP contribution < -0.4 is 26.8 Å². The summed E-state index contributed by atoms with van der Waals surface area (Å²) in [7, 11) is 2.04. The summed E-state index contributed by atoms with van der Waals surface area (Å²) in [5.74, 6) is 3.68. The Kier molecular flexibility index (Phi) is 6.61. The third-order valence-electron chi connectivity index (χ3n) is 5.33. The zero-order chi connectivity index (χ0) is 23.4. The number of carbonyl (C=O) groups excluding carboxylic acids is 1. The molecular weight excluding hydrogens is 430 g/mol. The van der Waals surface area contributed by atoms with E-state index in [4.69, 9.17) is 5.84 Å². The minimum absolute atomic E-state index is 0.0712. The van der Waals surface area contributed by atoms with Gasteiger partial charge in [-0.25, -0.2) is 19.6 Å². The number of nitrogens with two attached hydrogens (primary N) is 1. The van der Waals surface area contributed by atoms with Crippen molar-refractivity contribution in [3.05, 3.63) is 65.9 Å². The Balaban J connectivity index is 1.46. The maximum Gasteiger partial charge on any atom is 0.265 e. The van der Waals surface area contributed by atoms with Crippen molar-refractivity contribution < 1.29 is 13.6 Å². The minimum atomic E-state index is -0.666. The number of nitrogens with one attached hydrogen (secondary N) is 3. The highest BCUT2D eigenvalue weighted by Crippen LogP contribution is 2.26. The molecule has 0 bridgehead atoms. The van der Waals surface area contributed by atoms with Gasteiger partial charge in [-0.2, -0.15) is 4.98 Å². The minimum Gasteiger partial charge on any atom is -0.367 e. The summed E-state index contributed by atoms with van der Waals surface area (Å²) in [6.07, 6.45) is 1.02. The standard InChI is InChI=1S/C22H24F2N8O/c1-31-8-10-32(11-9-31)19-7-6-16(12-17(19)23)28-22-26-13-18(24)20(29-22)27-15-4-2-14(3-5-15)21(33)30-25/h2-7,12-13H,8-11,25H2,1H3,(H,30,33)(H2,26,27,28,29). The zero-order valence-corrected chi connectivity index (χ0v) is 18.0. The molecule has 11 heteroatoms. The second kappa shape index (κ2) is 9.76. The number of hydrazine groups is 1. The van der Waals surface area contributed by atoms with Gasteiger partial charge in [-0.3, -0.25) is 10.2 Å². The summed E-state index contributed by atoms with van der Waals surface area (Å²) in [6, 6.07) is 11.1. The van der Waals surface area contributed by atoms with Gasteiger partial charge >= 0.3 is 0 Å². The third kappa shape index (κ3) is 5.33. The SMILES string of the molecule is CN1CCN(c2ccc(Nc3ncc(F)c(Nc4ccc(C(=O)NN)cc4)n3)cc2F)CC1. The first-order chi connectivity index (χ1) is 15.9. The predicted molar refractivity (Wildman–Crippen MR) is 123 cm³/mol. The number of halogens is 2. The molecule has 1 aliphatic heterocycles. The number of hydrogen-bond acceptors (Lipinski definition) is 8. The van der Waals surface area contributed by atoms with Crippen molar-refractivity contribution in [2.75, 3.05) is 48.8 Å². The lowest BCUT2D eigenvalue weighted by atomic mass is 10.2. The first kappa shape index (κ1) is 22.4. The normalized spacial score (nSPS) is 14.1. The van der Waals surface area contributed by atoms with Gasteiger partial charge in [0.2, 0.25) is 5.95 Å². The fourth-order valence-corrected chi connectivity index (χ4v) is 3.46. The van der Waals surface area contributed by atoms with Crippen LogP contribution in [0, 0.1) is 11.6 Å². The summed E-state index contributed by atoms with van der Waals surface area (Å²) < 4.78 is 29.0. The van der Waals surface area contributed by atoms with Gasteiger partial charge in [-0.05, 0) is 49.5 Å². The average molecular weight is 454 g/mol. The van der Waals surface area contributed by atoms with Gasteiger partial charge in [0.05, 0.1) is 11.9 Å². The van der Waals surface area contributed by atoms with E-state index in [0.29, 0.717) is 22.6 Å². The number of anilines is 5. The number of likely N-dealkylation sites (N-methyl/N-ethyl adjacent to an activating group) is 1. The molecule has 0 radical (unpaired) electrons. The summed E-state index contributed by atoms with van der Waals surface area (Å²) in [6.45, 7) is 3.27. The Labute approximate surface area is 189 Å². The van der Waals surface area contributed by atoms with Gasteiger partial charge < -0.3 is 20.4 Å². The van der Waals surface area contributed by atoms with Crippen molar-refractivity contribution in [1.29, 1.82) is 0 Å². The predicted octanol–water partition coefficient (Wildman–Crippen LogP) is 2.60. The molecule has 0 atom stereocenters. The molecule has 1 aliphatic rings. The van der Waals surface area contributed by atoms with Crippen molar-refractivity contribution in [3.8, 4) is 0 Å². The van der Waals surface area contributed by atoms with Crippen LogP contribution in [0.4, 0.5) is 37.6 Å². The van der Waals surface area contributed by atoms with Crippen molar-refractivity contribution in [3.63, 3.8) is 0 Å². The molecule has 1 saturated heterocycles. The van der Waals surface area contributed by atoms with Crippen LogP contribution in [0.2, 0.25) is 0 Å². The van der Waals surface area contributed by atoms with Crippen LogP contribution in [0.3, 0.4) is 0 Å². The number of rotatable bonds is 6. The lowest BCUT2D eigenvalue weighted by molar-refractivity contribution is 0.0953. The van der Waals surface area contributed by atoms with E-state index in [-0.39, 0.29) is 17.6 Å². The summed E-state index contributed by atoms with van der Waals surface area (Å²) >= 11 is 0. The van der Waals surface area contributed by atoms with E-state index in [0.717, 1.165) is 32.4 Å². The van der Waals surface area contributed by atoms with Gasteiger partial charge in [0.1, 0.15) is 5.82 Å². The first-order valence-corrected chi connectivity index (χ1v) is 10.3. The highest BCUT2D eigenvalue weighted by Gasteiger charge is 2.18. The number of aromatic nitrogens is 2. The first-order valence-electron chi connectivity index (χ1n) is 10.3. The van der Waals surface area contributed by atoms with E-state index in [9.17, 15) is 13.6 Å². The number of piperazine rings is 1. The molecule has 1 aromatic heterocycles. The van der Waals surface area contributed by atoms with Crippen molar-refractivity contribution in [2.45, 2.75) is 0 Å². The molecule has 1 fully saturated rings. The van der Waals surface area contributed by atoms with E-state index in [1.165, 1.54) is 18.2 Å². The van der Waals surface area contributed by atoms with E-state index >= 15 is 0 Å². The third-order valence-corrected chi connectivity index (χ3v) is 5.33. The van der Waals surface area contributed by atoms with E-state index in [2.05, 4.69) is 25.5 Å². The topological polar surface area (TPSA) is 111 Å². The summed E-state index contributed by atoms with van der Waals surface area (Å²) in [5, 5.41) is 5.74. The molecule has 3 aromatic rings. The monoisotopic (exact) mass is 454 g/mol. The van der Waals surface area contributed by atoms with Crippen LogP contribution in [-0.2, 0) is 0 Å². The maximum atomic E-state index is 14.7. The molecule has 0 aliphatic carbocycles. The fourth-order valence-electron chi connectivity index (χ4n) is 3.46. The Morgan fingerprint density at radius 3 is 2.33 bits per heavy atom. The molecule has 0 spiro atoms. The molecule has 1 amide bonds. The Hall–Kier alpha value is -3.83. The molecular formula is C22H24F2N8O. The van der Waals surface area contributed by atoms with Crippen LogP contribution in [0.5, 0.6) is 0 Å². The molecule has 172 valence electrons. The molecule has 9 nitrogen and oxygen atoms in total. The van der Waals surface area contributed by atoms with Crippen molar-refractivity contribution in [1.82, 2.24) is 20.3 Å². The second-order valence-corrected chi connectivity index (χ2v) is 7.65. The summed E-state index contributed by atoms with van der Waals surface area (Å²) in [4.78, 5) is 23.8. The van der Waals surface area contributed by atoms with Gasteiger partial charge in [-0.1, -0.05) is 0 Å². The average Bonchev–Trinajstić information content (AvgIpc) is 2.82. The molecule has 2 heterocycles. The van der Waals surface area contributed by atoms with E-state index in [1.54, 1.807) is 24.3 Å². The highest BCUT2D eigenvalue weighted by atomic mass is 19.1. The van der Waals surface area contributed by atoms with Crippen LogP contribution in [-0.4, -0.2) is 54.0 Å². The Morgan fingerprint density at radius 1 is 0.970 bits per heavy atom. The number of nitrogen functional groups attached to an aromatic ring is 1. The highest BCUT2D eigenvalue weighted by molar-refractivity contribution is 5.94. The quantitative estimate of drug-likeness (QED) is 0.256. The molecule has 33 heavy (non-hydrogen) atoms. The fraction of sp³-hybridized carbons (Fsp3) is 0.227. The van der Waals surface area contributed by atoms with E-state index < -0.39 is 11.7 Å². The lowest BCUT2D eigenvalue weighted by Gasteiger charge is -2.34. The number of carbonyl (C=O) groups is 1. The molecule has 0 unspecified atom stereocenters. The van der Waals surface area contributed by atoms with Crippen LogP contribution in [0.1, 0.15) is 10.4 Å². The molecule has 2 aromatic carbocycles. The van der Waals surface area contributed by atoms with Gasteiger partial charge in [0, 0.05) is 43.1 Å². The van der Waals surface area contributed by atoms with Crippen LogP contribution in [0.25, 0.3) is 0 Å². The maximum absolute atomic E-state index is 14.7. The second-order valence-electron chi connectivity index (χ2n) is 7.65. The van der Waals surface area contributed by atoms with E-state index in [1.807, 2.05) is 17.4 Å². The number of nitrogens with zero attached hydrogens (tertiary/aromatic N) is 4. The number of benzene rings is 2. The smallest absolute Gasteiger partial charge is 0.265 e. The Bertz CT molecular complexity index is 1130. The van der Waals surface area contributed by atoms with Crippen LogP contribution in [0.15, 0.2) is 48.7 Å². The molecule has 4 rings (SSSR count). The van der Waals surface area contributed by atoms with Gasteiger partial charge in [-0.15, -0.1) is 0 Å². The van der Waals surface area contributed by atoms with Crippen LogP contribution >= 0.6 is 0 Å². The number of amides is 1. The number of hydrogen-bond donors (Lipinski definition) is 4. The van der Waals surface area contributed by atoms with Crippen molar-refractivity contribution in [2.24, 2.45) is 5.84 Å². The Morgan fingerprint density at radius 2 is 1.67 bits per heavy atom. The zero-order valence-electron chi connectivity index (χ0n) is 18.0. The van der Waals surface area contributed by atoms with Gasteiger partial charge in [0.15, 0.2) is 11.6 Å². The summed E-state index contributed by atoms with van der Waals surface area (Å²) in [5.41, 5.74) is 3.89. The largest absolute Gasteiger partial charge is 0.367 e. The lowest BCUT2D eigenvalue weighted by Crippen LogP contribution is -2.44. The molecule has 5 N–H and O–H groups in total. The molecule has 0 saturated carbocycles. The van der Waals surface area contributed by atoms with Crippen molar-refractivity contribution >= 4 is 34.7 Å². The van der Waals surface area contributed by atoms with Gasteiger partial charge in [0.25, 0.3) is 5.91 Å².